The molecule has 0 bridgehead atoms. The van der Waals surface area contributed by atoms with Gasteiger partial charge in [0, 0.05) is 6.20 Å². The Morgan fingerprint density at radius 1 is 1.62 bits per heavy atom. The first-order valence-corrected chi connectivity index (χ1v) is 5.64. The van der Waals surface area contributed by atoms with Gasteiger partial charge in [0.2, 0.25) is 0 Å². The first-order valence-electron chi connectivity index (χ1n) is 5.27. The van der Waals surface area contributed by atoms with Crippen LogP contribution in [0.5, 0.6) is 0 Å². The number of rotatable bonds is 5. The summed E-state index contributed by atoms with van der Waals surface area (Å²) in [6.07, 6.45) is 3.98. The molecule has 0 fully saturated rings. The lowest BCUT2D eigenvalue weighted by Gasteiger charge is -2.11. The van der Waals surface area contributed by atoms with Gasteiger partial charge in [0.25, 0.3) is 0 Å². The minimum Gasteiger partial charge on any atom is -0.383 e. The summed E-state index contributed by atoms with van der Waals surface area (Å²) in [6.45, 7) is 2.05. The zero-order valence-corrected chi connectivity index (χ0v) is 10.00. The first-order chi connectivity index (χ1) is 7.56. The summed E-state index contributed by atoms with van der Waals surface area (Å²) in [5, 5.41) is 0.389. The molecule has 0 aliphatic carbocycles. The monoisotopic (exact) mass is 241 g/mol. The van der Waals surface area contributed by atoms with Crippen molar-refractivity contribution in [2.75, 3.05) is 5.73 Å². The molecule has 0 aliphatic heterocycles. The molecule has 1 heterocycles. The Morgan fingerprint density at radius 3 is 2.94 bits per heavy atom. The van der Waals surface area contributed by atoms with Crippen molar-refractivity contribution in [2.45, 2.75) is 32.2 Å². The van der Waals surface area contributed by atoms with E-state index in [2.05, 4.69) is 4.98 Å². The molecule has 0 radical (unpaired) electrons. The molecule has 16 heavy (non-hydrogen) atoms. The maximum absolute atomic E-state index is 11.9. The molecule has 1 rings (SSSR count). The van der Waals surface area contributed by atoms with Crippen LogP contribution in [0, 0.1) is 0 Å². The lowest BCUT2D eigenvalue weighted by atomic mass is 10.0. The highest BCUT2D eigenvalue weighted by molar-refractivity contribution is 6.31. The minimum atomic E-state index is -0.525. The van der Waals surface area contributed by atoms with Crippen LogP contribution < -0.4 is 11.5 Å². The van der Waals surface area contributed by atoms with E-state index in [4.69, 9.17) is 23.1 Å². The topological polar surface area (TPSA) is 82.0 Å². The van der Waals surface area contributed by atoms with Crippen molar-refractivity contribution in [1.82, 2.24) is 4.98 Å². The Bertz CT molecular complexity index is 381. The number of pyridine rings is 1. The standard InChI is InChI=1S/C11H16ClN3O/c1-2-3-4-9(13)10(16)8-5-7(12)6-15-11(8)14/h5-6,9H,2-4,13H2,1H3,(H2,14,15). The summed E-state index contributed by atoms with van der Waals surface area (Å²) < 4.78 is 0. The quantitative estimate of drug-likeness (QED) is 0.773. The molecule has 0 saturated heterocycles. The predicted octanol–water partition coefficient (Wildman–Crippen LogP) is 2.02. The van der Waals surface area contributed by atoms with Crippen LogP contribution in [0.2, 0.25) is 5.02 Å². The Balaban J connectivity index is 2.83. The van der Waals surface area contributed by atoms with Crippen molar-refractivity contribution in [3.05, 3.63) is 22.8 Å². The SMILES string of the molecule is CCCCC(N)C(=O)c1cc(Cl)cnc1N. The molecular formula is C11H16ClN3O. The van der Waals surface area contributed by atoms with E-state index in [9.17, 15) is 4.79 Å². The van der Waals surface area contributed by atoms with Gasteiger partial charge in [0.05, 0.1) is 16.6 Å². The van der Waals surface area contributed by atoms with Crippen LogP contribution in [-0.2, 0) is 0 Å². The average molecular weight is 242 g/mol. The highest BCUT2D eigenvalue weighted by atomic mass is 35.5. The Kier molecular flexibility index (Phi) is 4.71. The van der Waals surface area contributed by atoms with Crippen molar-refractivity contribution in [1.29, 1.82) is 0 Å². The number of halogens is 1. The Hall–Kier alpha value is -1.13. The van der Waals surface area contributed by atoms with Gasteiger partial charge in [0.15, 0.2) is 5.78 Å². The summed E-state index contributed by atoms with van der Waals surface area (Å²) >= 11 is 5.76. The second-order valence-corrected chi connectivity index (χ2v) is 4.14. The Labute approximate surface area is 100.0 Å². The number of carbonyl (C=O) groups is 1. The number of nitrogens with two attached hydrogens (primary N) is 2. The summed E-state index contributed by atoms with van der Waals surface area (Å²) in [7, 11) is 0. The number of nitrogens with zero attached hydrogens (tertiary/aromatic N) is 1. The third-order valence-corrected chi connectivity index (χ3v) is 2.56. The van der Waals surface area contributed by atoms with E-state index in [1.165, 1.54) is 12.3 Å². The normalized spacial score (nSPS) is 12.4. The van der Waals surface area contributed by atoms with Gasteiger partial charge in [-0.1, -0.05) is 31.4 Å². The van der Waals surface area contributed by atoms with E-state index in [1.807, 2.05) is 6.92 Å². The molecule has 0 spiro atoms. The second-order valence-electron chi connectivity index (χ2n) is 3.70. The van der Waals surface area contributed by atoms with E-state index in [0.29, 0.717) is 17.0 Å². The molecule has 88 valence electrons. The van der Waals surface area contributed by atoms with Crippen LogP contribution in [0.4, 0.5) is 5.82 Å². The fourth-order valence-corrected chi connectivity index (χ4v) is 1.56. The van der Waals surface area contributed by atoms with E-state index in [0.717, 1.165) is 12.8 Å². The third-order valence-electron chi connectivity index (χ3n) is 2.36. The van der Waals surface area contributed by atoms with Crippen molar-refractivity contribution in [2.24, 2.45) is 5.73 Å². The Morgan fingerprint density at radius 2 is 2.31 bits per heavy atom. The number of hydrogen-bond acceptors (Lipinski definition) is 4. The molecule has 1 atom stereocenters. The number of Topliss-reactive ketones (excluding diaryl/α,β-unsaturated/α-hetero) is 1. The second kappa shape index (κ2) is 5.82. The zero-order valence-electron chi connectivity index (χ0n) is 9.24. The van der Waals surface area contributed by atoms with Crippen LogP contribution in [0.3, 0.4) is 0 Å². The molecule has 0 saturated carbocycles. The molecule has 0 aliphatic rings. The van der Waals surface area contributed by atoms with Gasteiger partial charge in [0.1, 0.15) is 5.82 Å². The van der Waals surface area contributed by atoms with Gasteiger partial charge in [-0.05, 0) is 12.5 Å². The van der Waals surface area contributed by atoms with Gasteiger partial charge in [-0.3, -0.25) is 4.79 Å². The predicted molar refractivity (Wildman–Crippen MR) is 65.5 cm³/mol. The third kappa shape index (κ3) is 3.18. The molecular weight excluding hydrogens is 226 g/mol. The number of aromatic nitrogens is 1. The molecule has 4 nitrogen and oxygen atoms in total. The van der Waals surface area contributed by atoms with E-state index >= 15 is 0 Å². The number of ketones is 1. The lowest BCUT2D eigenvalue weighted by molar-refractivity contribution is 0.0957. The number of unbranched alkanes of at least 4 members (excludes halogenated alkanes) is 1. The van der Waals surface area contributed by atoms with Crippen LogP contribution in [0.15, 0.2) is 12.3 Å². The van der Waals surface area contributed by atoms with Crippen molar-refractivity contribution in [3.63, 3.8) is 0 Å². The van der Waals surface area contributed by atoms with Crippen LogP contribution in [0.1, 0.15) is 36.5 Å². The molecule has 1 aromatic rings. The number of hydrogen-bond donors (Lipinski definition) is 2. The molecule has 1 unspecified atom stereocenters. The zero-order chi connectivity index (χ0) is 12.1. The summed E-state index contributed by atoms with van der Waals surface area (Å²) in [5.74, 6) is -0.0118. The van der Waals surface area contributed by atoms with Crippen molar-refractivity contribution < 1.29 is 4.79 Å². The smallest absolute Gasteiger partial charge is 0.183 e. The number of carbonyl (C=O) groups excluding carboxylic acids is 1. The molecule has 5 heteroatoms. The largest absolute Gasteiger partial charge is 0.383 e. The highest BCUT2D eigenvalue weighted by Gasteiger charge is 2.18. The van der Waals surface area contributed by atoms with Gasteiger partial charge in [-0.2, -0.15) is 0 Å². The van der Waals surface area contributed by atoms with Crippen LogP contribution in [-0.4, -0.2) is 16.8 Å². The van der Waals surface area contributed by atoms with E-state index < -0.39 is 6.04 Å². The molecule has 0 amide bonds. The molecule has 0 aromatic carbocycles. The van der Waals surface area contributed by atoms with E-state index in [-0.39, 0.29) is 11.6 Å². The maximum Gasteiger partial charge on any atom is 0.183 e. The van der Waals surface area contributed by atoms with Crippen LogP contribution >= 0.6 is 11.6 Å². The van der Waals surface area contributed by atoms with Gasteiger partial charge in [-0.15, -0.1) is 0 Å². The van der Waals surface area contributed by atoms with Gasteiger partial charge in [-0.25, -0.2) is 4.98 Å². The minimum absolute atomic E-state index is 0.182. The van der Waals surface area contributed by atoms with Crippen molar-refractivity contribution >= 4 is 23.2 Å². The summed E-state index contributed by atoms with van der Waals surface area (Å²) in [5.41, 5.74) is 11.7. The van der Waals surface area contributed by atoms with Gasteiger partial charge < -0.3 is 11.5 Å². The maximum atomic E-state index is 11.9. The first kappa shape index (κ1) is 12.9. The fraction of sp³-hybridized carbons (Fsp3) is 0.455. The summed E-state index contributed by atoms with van der Waals surface area (Å²) in [6, 6.07) is 0.986. The fourth-order valence-electron chi connectivity index (χ4n) is 1.40. The summed E-state index contributed by atoms with van der Waals surface area (Å²) in [4.78, 5) is 15.8. The average Bonchev–Trinajstić information content (AvgIpc) is 2.28. The van der Waals surface area contributed by atoms with E-state index in [1.54, 1.807) is 0 Å². The van der Waals surface area contributed by atoms with Gasteiger partial charge >= 0.3 is 0 Å². The number of anilines is 1. The lowest BCUT2D eigenvalue weighted by Crippen LogP contribution is -2.31. The molecule has 4 N–H and O–H groups in total. The van der Waals surface area contributed by atoms with Crippen LogP contribution in [0.25, 0.3) is 0 Å². The highest BCUT2D eigenvalue weighted by Crippen LogP contribution is 2.17. The number of nitrogen functional groups attached to an aromatic ring is 1. The molecule has 1 aromatic heterocycles. The van der Waals surface area contributed by atoms with Crippen molar-refractivity contribution in [3.8, 4) is 0 Å².